The van der Waals surface area contributed by atoms with E-state index in [-0.39, 0.29) is 10.8 Å². The normalized spacial score (nSPS) is 11.2. The molecule has 152 valence electrons. The van der Waals surface area contributed by atoms with Crippen molar-refractivity contribution in [3.8, 4) is 11.5 Å². The first kappa shape index (κ1) is 21.7. The molecule has 0 atom stereocenters. The maximum absolute atomic E-state index is 13.1. The quantitative estimate of drug-likeness (QED) is 0.728. The number of hydrogen-bond acceptors (Lipinski definition) is 5. The number of benzene rings is 2. The van der Waals surface area contributed by atoms with Crippen LogP contribution >= 0.6 is 0 Å². The van der Waals surface area contributed by atoms with E-state index in [9.17, 15) is 13.2 Å². The van der Waals surface area contributed by atoms with Crippen molar-refractivity contribution in [2.24, 2.45) is 0 Å². The van der Waals surface area contributed by atoms with Crippen molar-refractivity contribution in [1.29, 1.82) is 0 Å². The summed E-state index contributed by atoms with van der Waals surface area (Å²) >= 11 is 0. The van der Waals surface area contributed by atoms with Crippen LogP contribution < -0.4 is 14.2 Å². The molecule has 0 saturated heterocycles. The molecule has 0 bridgehead atoms. The number of nitrogens with zero attached hydrogens (tertiary/aromatic N) is 1. The molecular weight excluding hydrogens is 380 g/mol. The van der Waals surface area contributed by atoms with Crippen molar-refractivity contribution in [2.75, 3.05) is 27.8 Å². The Morgan fingerprint density at radius 2 is 1.75 bits per heavy atom. The van der Waals surface area contributed by atoms with Crippen molar-refractivity contribution in [2.45, 2.75) is 25.3 Å². The molecule has 0 aliphatic carbocycles. The van der Waals surface area contributed by atoms with Crippen LogP contribution in [0.3, 0.4) is 0 Å². The highest BCUT2D eigenvalue weighted by Gasteiger charge is 2.21. The summed E-state index contributed by atoms with van der Waals surface area (Å²) < 4.78 is 37.0. The topological polar surface area (TPSA) is 84.9 Å². The van der Waals surface area contributed by atoms with E-state index in [1.807, 2.05) is 19.1 Å². The van der Waals surface area contributed by atoms with Crippen LogP contribution in [0.2, 0.25) is 0 Å². The molecule has 2 aromatic rings. The fourth-order valence-corrected chi connectivity index (χ4v) is 3.57. The first-order valence-electron chi connectivity index (χ1n) is 8.81. The van der Waals surface area contributed by atoms with E-state index in [0.717, 1.165) is 5.56 Å². The number of amides is 1. The average molecular weight is 407 g/mol. The van der Waals surface area contributed by atoms with E-state index in [1.54, 1.807) is 38.2 Å². The molecule has 1 amide bonds. The molecule has 2 aromatic carbocycles. The van der Waals surface area contributed by atoms with Crippen LogP contribution in [0.15, 0.2) is 41.3 Å². The number of carbonyl (C=O) groups excluding carboxylic acids is 1. The van der Waals surface area contributed by atoms with E-state index < -0.39 is 10.0 Å². The van der Waals surface area contributed by atoms with Crippen LogP contribution in [-0.4, -0.2) is 47.0 Å². The lowest BCUT2D eigenvalue weighted by molar-refractivity contribution is 0.0751. The predicted octanol–water partition coefficient (Wildman–Crippen LogP) is 2.58. The van der Waals surface area contributed by atoms with Gasteiger partial charge in [0.25, 0.3) is 5.91 Å². The molecule has 0 spiro atoms. The first-order valence-corrected chi connectivity index (χ1v) is 10.3. The van der Waals surface area contributed by atoms with E-state index in [0.29, 0.717) is 35.7 Å². The van der Waals surface area contributed by atoms with Gasteiger partial charge in [0.05, 0.1) is 19.1 Å². The van der Waals surface area contributed by atoms with Gasteiger partial charge in [0, 0.05) is 18.7 Å². The van der Waals surface area contributed by atoms with Crippen molar-refractivity contribution < 1.29 is 22.7 Å². The molecule has 8 heteroatoms. The molecule has 0 radical (unpaired) electrons. The van der Waals surface area contributed by atoms with E-state index >= 15 is 0 Å². The summed E-state index contributed by atoms with van der Waals surface area (Å²) in [6.45, 7) is 4.49. The fourth-order valence-electron chi connectivity index (χ4n) is 2.81. The monoisotopic (exact) mass is 406 g/mol. The molecule has 0 aromatic heterocycles. The minimum absolute atomic E-state index is 0.0612. The number of nitrogens with one attached hydrogen (secondary N) is 1. The van der Waals surface area contributed by atoms with Gasteiger partial charge in [-0.05, 0) is 56.3 Å². The minimum Gasteiger partial charge on any atom is -0.493 e. The first-order chi connectivity index (χ1) is 13.3. The molecule has 1 N–H and O–H groups in total. The van der Waals surface area contributed by atoms with Crippen LogP contribution in [0.5, 0.6) is 11.5 Å². The lowest BCUT2D eigenvalue weighted by Crippen LogP contribution is -2.31. The van der Waals surface area contributed by atoms with Gasteiger partial charge in [-0.1, -0.05) is 12.1 Å². The number of ether oxygens (including phenoxy) is 2. The summed E-state index contributed by atoms with van der Waals surface area (Å²) in [6, 6.07) is 10.0. The van der Waals surface area contributed by atoms with Gasteiger partial charge in [0.1, 0.15) is 0 Å². The SMILES string of the molecule is CCN(Cc1ccc(OC)c(OC)c1)C(=O)c1cc(S(=O)(=O)NC)ccc1C. The Morgan fingerprint density at radius 3 is 2.32 bits per heavy atom. The predicted molar refractivity (Wildman–Crippen MR) is 107 cm³/mol. The zero-order valence-corrected chi connectivity index (χ0v) is 17.6. The number of hydrogen-bond donors (Lipinski definition) is 1. The van der Waals surface area contributed by atoms with Crippen LogP contribution in [0.4, 0.5) is 0 Å². The molecule has 0 aliphatic heterocycles. The number of rotatable bonds is 8. The summed E-state index contributed by atoms with van der Waals surface area (Å²) in [6.07, 6.45) is 0. The Kier molecular flexibility index (Phi) is 7.04. The number of carbonyl (C=O) groups is 1. The second kappa shape index (κ2) is 9.07. The van der Waals surface area contributed by atoms with Crippen LogP contribution in [0.25, 0.3) is 0 Å². The number of methoxy groups -OCH3 is 2. The summed E-state index contributed by atoms with van der Waals surface area (Å²) in [5.74, 6) is 0.964. The van der Waals surface area contributed by atoms with Gasteiger partial charge in [-0.3, -0.25) is 4.79 Å². The third-order valence-corrected chi connectivity index (χ3v) is 5.92. The molecule has 0 unspecified atom stereocenters. The van der Waals surface area contributed by atoms with Gasteiger partial charge in [0.2, 0.25) is 10.0 Å². The number of aryl methyl sites for hydroxylation is 1. The second-order valence-corrected chi connectivity index (χ2v) is 8.08. The van der Waals surface area contributed by atoms with Gasteiger partial charge in [-0.25, -0.2) is 13.1 Å². The highest BCUT2D eigenvalue weighted by molar-refractivity contribution is 7.89. The van der Waals surface area contributed by atoms with Gasteiger partial charge in [0.15, 0.2) is 11.5 Å². The fraction of sp³-hybridized carbons (Fsp3) is 0.350. The van der Waals surface area contributed by atoms with Crippen LogP contribution in [-0.2, 0) is 16.6 Å². The zero-order chi connectivity index (χ0) is 20.9. The van der Waals surface area contributed by atoms with Crippen molar-refractivity contribution >= 4 is 15.9 Å². The second-order valence-electron chi connectivity index (χ2n) is 6.19. The van der Waals surface area contributed by atoms with Gasteiger partial charge < -0.3 is 14.4 Å². The van der Waals surface area contributed by atoms with Crippen molar-refractivity contribution in [3.05, 3.63) is 53.1 Å². The Labute approximate surface area is 166 Å². The Balaban J connectivity index is 2.35. The molecular formula is C20H26N2O5S. The molecule has 0 heterocycles. The largest absolute Gasteiger partial charge is 0.493 e. The molecule has 0 fully saturated rings. The highest BCUT2D eigenvalue weighted by Crippen LogP contribution is 2.28. The summed E-state index contributed by atoms with van der Waals surface area (Å²) in [5.41, 5.74) is 1.95. The van der Waals surface area contributed by atoms with Crippen molar-refractivity contribution in [3.63, 3.8) is 0 Å². The highest BCUT2D eigenvalue weighted by atomic mass is 32.2. The molecule has 2 rings (SSSR count). The number of sulfonamides is 1. The Bertz CT molecular complexity index is 957. The summed E-state index contributed by atoms with van der Waals surface area (Å²) in [7, 11) is 0.830. The third-order valence-electron chi connectivity index (χ3n) is 4.51. The van der Waals surface area contributed by atoms with Gasteiger partial charge in [-0.15, -0.1) is 0 Å². The van der Waals surface area contributed by atoms with E-state index in [1.165, 1.54) is 19.2 Å². The minimum atomic E-state index is -3.63. The molecule has 0 saturated carbocycles. The van der Waals surface area contributed by atoms with Crippen LogP contribution in [0.1, 0.15) is 28.4 Å². The van der Waals surface area contributed by atoms with E-state index in [4.69, 9.17) is 9.47 Å². The molecule has 7 nitrogen and oxygen atoms in total. The lowest BCUT2D eigenvalue weighted by atomic mass is 10.1. The lowest BCUT2D eigenvalue weighted by Gasteiger charge is -2.23. The molecule has 0 aliphatic rings. The Hall–Kier alpha value is -2.58. The maximum Gasteiger partial charge on any atom is 0.254 e. The summed E-state index contributed by atoms with van der Waals surface area (Å²) in [4.78, 5) is 14.8. The third kappa shape index (κ3) is 4.63. The molecule has 28 heavy (non-hydrogen) atoms. The van der Waals surface area contributed by atoms with Gasteiger partial charge >= 0.3 is 0 Å². The standard InChI is InChI=1S/C20H26N2O5S/c1-6-22(13-15-8-10-18(26-4)19(11-15)27-5)20(23)17-12-16(9-7-14(17)2)28(24,25)21-3/h7-12,21H,6,13H2,1-5H3. The average Bonchev–Trinajstić information content (AvgIpc) is 2.71. The Morgan fingerprint density at radius 1 is 1.07 bits per heavy atom. The maximum atomic E-state index is 13.1. The van der Waals surface area contributed by atoms with Crippen LogP contribution in [0, 0.1) is 6.92 Å². The summed E-state index contributed by atoms with van der Waals surface area (Å²) in [5, 5.41) is 0. The van der Waals surface area contributed by atoms with Crippen molar-refractivity contribution in [1.82, 2.24) is 9.62 Å². The van der Waals surface area contributed by atoms with E-state index in [2.05, 4.69) is 4.72 Å². The smallest absolute Gasteiger partial charge is 0.254 e. The van der Waals surface area contributed by atoms with Gasteiger partial charge in [-0.2, -0.15) is 0 Å². The zero-order valence-electron chi connectivity index (χ0n) is 16.8.